The number of hydrogen-bond donors (Lipinski definition) is 1. The fraction of sp³-hybridized carbons (Fsp3) is 0.471. The lowest BCUT2D eigenvalue weighted by Crippen LogP contribution is -2.27. The van der Waals surface area contributed by atoms with Gasteiger partial charge in [-0.3, -0.25) is 4.79 Å². The lowest BCUT2D eigenvalue weighted by molar-refractivity contribution is -0.127. The zero-order chi connectivity index (χ0) is 18.4. The molecular weight excluding hydrogens is 375 g/mol. The number of halogens is 1. The van der Waals surface area contributed by atoms with Gasteiger partial charge in [-0.2, -0.15) is 0 Å². The molecule has 6 nitrogen and oxygen atoms in total. The second-order valence-electron chi connectivity index (χ2n) is 6.05. The maximum Gasteiger partial charge on any atom is 0.233 e. The third-order valence-corrected chi connectivity index (χ3v) is 5.99. The zero-order valence-electron chi connectivity index (χ0n) is 14.5. The Morgan fingerprint density at radius 3 is 2.96 bits per heavy atom. The van der Waals surface area contributed by atoms with E-state index in [1.54, 1.807) is 24.1 Å². The molecule has 9 heteroatoms. The number of aromatic nitrogens is 2. The Morgan fingerprint density at radius 1 is 1.42 bits per heavy atom. The Hall–Kier alpha value is -1.71. The molecule has 3 rings (SSSR count). The summed E-state index contributed by atoms with van der Waals surface area (Å²) in [6.07, 6.45) is 2.43. The van der Waals surface area contributed by atoms with Gasteiger partial charge >= 0.3 is 0 Å². The summed E-state index contributed by atoms with van der Waals surface area (Å²) in [6.45, 7) is 2.01. The highest BCUT2D eigenvalue weighted by Gasteiger charge is 2.16. The number of nitrogens with one attached hydrogen (secondary N) is 1. The molecule has 1 N–H and O–H groups in total. The summed E-state index contributed by atoms with van der Waals surface area (Å²) < 4.78 is 19.2. The van der Waals surface area contributed by atoms with Crippen LogP contribution < -0.4 is 5.32 Å². The molecule has 2 heterocycles. The van der Waals surface area contributed by atoms with Crippen molar-refractivity contribution in [3.8, 4) is 0 Å². The molecule has 2 aromatic rings. The fourth-order valence-electron chi connectivity index (χ4n) is 2.53. The van der Waals surface area contributed by atoms with Crippen molar-refractivity contribution in [3.05, 3.63) is 35.6 Å². The second-order valence-corrected chi connectivity index (χ2v) is 8.25. The van der Waals surface area contributed by atoms with Gasteiger partial charge in [0.05, 0.1) is 11.9 Å². The van der Waals surface area contributed by atoms with E-state index in [9.17, 15) is 9.18 Å². The molecule has 1 aliphatic rings. The van der Waals surface area contributed by atoms with Crippen molar-refractivity contribution in [2.75, 3.05) is 31.3 Å². The van der Waals surface area contributed by atoms with Crippen molar-refractivity contribution in [3.63, 3.8) is 0 Å². The molecular formula is C17H21FN4O2S2. The van der Waals surface area contributed by atoms with Gasteiger partial charge < -0.3 is 15.0 Å². The SMILES string of the molecule is CN(Cc1ccc(F)cc1)C(=O)CSc1nnc(NCC2CCCO2)s1. The van der Waals surface area contributed by atoms with Gasteiger partial charge in [0.25, 0.3) is 0 Å². The van der Waals surface area contributed by atoms with Gasteiger partial charge in [-0.05, 0) is 30.5 Å². The number of nitrogens with zero attached hydrogens (tertiary/aromatic N) is 3. The summed E-state index contributed by atoms with van der Waals surface area (Å²) in [5.41, 5.74) is 0.892. The number of carbonyl (C=O) groups excluding carboxylic acids is 1. The average Bonchev–Trinajstić information content (AvgIpc) is 3.31. The minimum atomic E-state index is -0.279. The smallest absolute Gasteiger partial charge is 0.233 e. The highest BCUT2D eigenvalue weighted by Crippen LogP contribution is 2.26. The van der Waals surface area contributed by atoms with Gasteiger partial charge in [0.1, 0.15) is 5.82 Å². The third kappa shape index (κ3) is 5.65. The van der Waals surface area contributed by atoms with Crippen molar-refractivity contribution < 1.29 is 13.9 Å². The van der Waals surface area contributed by atoms with Crippen molar-refractivity contribution >= 4 is 34.1 Å². The molecule has 1 fully saturated rings. The molecule has 1 aromatic heterocycles. The van der Waals surface area contributed by atoms with E-state index < -0.39 is 0 Å². The minimum absolute atomic E-state index is 0.0108. The molecule has 0 bridgehead atoms. The molecule has 26 heavy (non-hydrogen) atoms. The normalized spacial score (nSPS) is 16.6. The van der Waals surface area contributed by atoms with Crippen molar-refractivity contribution in [1.29, 1.82) is 0 Å². The van der Waals surface area contributed by atoms with E-state index in [1.807, 2.05) is 0 Å². The summed E-state index contributed by atoms with van der Waals surface area (Å²) in [7, 11) is 1.74. The van der Waals surface area contributed by atoms with E-state index in [0.29, 0.717) is 6.54 Å². The van der Waals surface area contributed by atoms with E-state index in [2.05, 4.69) is 15.5 Å². The molecule has 0 aliphatic carbocycles. The first kappa shape index (κ1) is 19.1. The fourth-order valence-corrected chi connectivity index (χ4v) is 4.23. The first-order chi connectivity index (χ1) is 12.6. The van der Waals surface area contributed by atoms with Gasteiger partial charge in [-0.1, -0.05) is 35.2 Å². The quantitative estimate of drug-likeness (QED) is 0.692. The van der Waals surface area contributed by atoms with E-state index >= 15 is 0 Å². The molecule has 140 valence electrons. The first-order valence-corrected chi connectivity index (χ1v) is 10.2. The molecule has 1 unspecified atom stereocenters. The maximum absolute atomic E-state index is 12.9. The molecule has 1 amide bonds. The lowest BCUT2D eigenvalue weighted by Gasteiger charge is -2.16. The number of thioether (sulfide) groups is 1. The summed E-state index contributed by atoms with van der Waals surface area (Å²) >= 11 is 2.81. The number of amides is 1. The summed E-state index contributed by atoms with van der Waals surface area (Å²) in [5, 5.41) is 12.2. The number of carbonyl (C=O) groups is 1. The number of anilines is 1. The maximum atomic E-state index is 12.9. The van der Waals surface area contributed by atoms with Crippen LogP contribution in [0.15, 0.2) is 28.6 Å². The van der Waals surface area contributed by atoms with Gasteiger partial charge in [0.15, 0.2) is 4.34 Å². The van der Waals surface area contributed by atoms with Crippen molar-refractivity contribution in [2.24, 2.45) is 0 Å². The standard InChI is InChI=1S/C17H21FN4O2S2/c1-22(10-12-4-6-13(18)7-5-12)15(23)11-25-17-21-20-16(26-17)19-9-14-3-2-8-24-14/h4-7,14H,2-3,8-11H2,1H3,(H,19,20). The first-order valence-electron chi connectivity index (χ1n) is 8.40. The Bertz CT molecular complexity index is 720. The van der Waals surface area contributed by atoms with Crippen LogP contribution in [-0.4, -0.2) is 53.1 Å². The van der Waals surface area contributed by atoms with Crippen LogP contribution in [-0.2, 0) is 16.1 Å². The van der Waals surface area contributed by atoms with E-state index in [0.717, 1.165) is 41.0 Å². The van der Waals surface area contributed by atoms with E-state index in [-0.39, 0.29) is 23.6 Å². The van der Waals surface area contributed by atoms with Gasteiger partial charge in [-0.15, -0.1) is 10.2 Å². The van der Waals surface area contributed by atoms with Gasteiger partial charge in [-0.25, -0.2) is 4.39 Å². The number of ether oxygens (including phenoxy) is 1. The number of hydrogen-bond acceptors (Lipinski definition) is 7. The molecule has 1 saturated heterocycles. The van der Waals surface area contributed by atoms with Crippen molar-refractivity contribution in [1.82, 2.24) is 15.1 Å². The monoisotopic (exact) mass is 396 g/mol. The zero-order valence-corrected chi connectivity index (χ0v) is 16.1. The van der Waals surface area contributed by atoms with Crippen LogP contribution in [0.3, 0.4) is 0 Å². The highest BCUT2D eigenvalue weighted by atomic mass is 32.2. The van der Waals surface area contributed by atoms with Crippen LogP contribution in [0.4, 0.5) is 9.52 Å². The molecule has 1 aliphatic heterocycles. The average molecular weight is 397 g/mol. The Labute approximate surface area is 160 Å². The Balaban J connectivity index is 1.41. The molecule has 1 atom stereocenters. The van der Waals surface area contributed by atoms with Crippen LogP contribution >= 0.6 is 23.1 Å². The lowest BCUT2D eigenvalue weighted by atomic mass is 10.2. The van der Waals surface area contributed by atoms with E-state index in [1.165, 1.54) is 35.2 Å². The number of rotatable bonds is 8. The molecule has 0 spiro atoms. The Kier molecular flexibility index (Phi) is 6.81. The largest absolute Gasteiger partial charge is 0.376 e. The predicted molar refractivity (Wildman–Crippen MR) is 101 cm³/mol. The number of benzene rings is 1. The molecule has 0 radical (unpaired) electrons. The molecule has 1 aromatic carbocycles. The van der Waals surface area contributed by atoms with Crippen LogP contribution in [0.1, 0.15) is 18.4 Å². The third-order valence-electron chi connectivity index (χ3n) is 3.99. The van der Waals surface area contributed by atoms with E-state index in [4.69, 9.17) is 4.74 Å². The molecule has 0 saturated carbocycles. The Morgan fingerprint density at radius 2 is 2.23 bits per heavy atom. The summed E-state index contributed by atoms with van der Waals surface area (Å²) in [5.74, 6) is -0.000206. The summed E-state index contributed by atoms with van der Waals surface area (Å²) in [6, 6.07) is 6.16. The van der Waals surface area contributed by atoms with Crippen molar-refractivity contribution in [2.45, 2.75) is 29.8 Å². The highest BCUT2D eigenvalue weighted by molar-refractivity contribution is 8.01. The summed E-state index contributed by atoms with van der Waals surface area (Å²) in [4.78, 5) is 13.9. The predicted octanol–water partition coefficient (Wildman–Crippen LogP) is 3.02. The van der Waals surface area contributed by atoms with Crippen LogP contribution in [0.2, 0.25) is 0 Å². The minimum Gasteiger partial charge on any atom is -0.376 e. The van der Waals surface area contributed by atoms with Crippen LogP contribution in [0, 0.1) is 5.82 Å². The van der Waals surface area contributed by atoms with Crippen LogP contribution in [0.5, 0.6) is 0 Å². The van der Waals surface area contributed by atoms with Gasteiger partial charge in [0.2, 0.25) is 11.0 Å². The second kappa shape index (κ2) is 9.29. The van der Waals surface area contributed by atoms with Crippen LogP contribution in [0.25, 0.3) is 0 Å². The topological polar surface area (TPSA) is 67.4 Å². The van der Waals surface area contributed by atoms with Gasteiger partial charge in [0, 0.05) is 26.7 Å².